The van der Waals surface area contributed by atoms with Gasteiger partial charge in [0, 0.05) is 17.8 Å². The van der Waals surface area contributed by atoms with Gasteiger partial charge >= 0.3 is 0 Å². The molecule has 152 valence electrons. The van der Waals surface area contributed by atoms with Gasteiger partial charge in [0.25, 0.3) is 0 Å². The number of allylic oxidation sites excluding steroid dienone is 6. The average molecular weight is 378 g/mol. The first-order valence-electron chi connectivity index (χ1n) is 9.98. The van der Waals surface area contributed by atoms with Gasteiger partial charge in [-0.3, -0.25) is 10.1 Å². The third-order valence-corrected chi connectivity index (χ3v) is 4.11. The number of aliphatic hydroxyl groups is 1. The van der Waals surface area contributed by atoms with E-state index in [4.69, 9.17) is 0 Å². The molecule has 5 nitrogen and oxygen atoms in total. The maximum atomic E-state index is 11.1. The summed E-state index contributed by atoms with van der Waals surface area (Å²) in [6, 6.07) is -1.02. The van der Waals surface area contributed by atoms with Crippen molar-refractivity contribution in [2.75, 3.05) is 0 Å². The van der Waals surface area contributed by atoms with E-state index in [0.717, 1.165) is 25.5 Å². The number of nitrogens with zero attached hydrogens (tertiary/aromatic N) is 1. The Bertz CT molecular complexity index is 495. The summed E-state index contributed by atoms with van der Waals surface area (Å²) in [5.74, 6) is 0. The van der Waals surface area contributed by atoms with Crippen LogP contribution in [0.3, 0.4) is 0 Å². The van der Waals surface area contributed by atoms with Gasteiger partial charge in [0.15, 0.2) is 0 Å². The number of carbonyl (C=O) groups excluding carboxylic acids is 1. The molecule has 0 bridgehead atoms. The van der Waals surface area contributed by atoms with E-state index in [0.29, 0.717) is 12.8 Å². The molecule has 1 N–H and O–H groups in total. The SMILES string of the molecule is CCCCC/C=C\C/C=C\C/C=C\CC(O)C(C/C=C\CCC=O)[N+](=O)[O-]. The maximum absolute atomic E-state index is 11.1. The summed E-state index contributed by atoms with van der Waals surface area (Å²) in [6.07, 6.45) is 23.5. The molecule has 0 radical (unpaired) electrons. The van der Waals surface area contributed by atoms with Gasteiger partial charge in [-0.25, -0.2) is 0 Å². The van der Waals surface area contributed by atoms with Gasteiger partial charge in [-0.15, -0.1) is 0 Å². The minimum Gasteiger partial charge on any atom is -0.386 e. The first-order chi connectivity index (χ1) is 13.1. The summed E-state index contributed by atoms with van der Waals surface area (Å²) < 4.78 is 0. The van der Waals surface area contributed by atoms with Gasteiger partial charge in [-0.05, 0) is 38.5 Å². The van der Waals surface area contributed by atoms with Crippen molar-refractivity contribution in [2.45, 2.75) is 83.3 Å². The summed E-state index contributed by atoms with van der Waals surface area (Å²) in [6.45, 7) is 2.20. The molecule has 0 aliphatic carbocycles. The second kappa shape index (κ2) is 18.8. The maximum Gasteiger partial charge on any atom is 0.242 e. The van der Waals surface area contributed by atoms with Crippen LogP contribution in [0, 0.1) is 10.1 Å². The van der Waals surface area contributed by atoms with Crippen molar-refractivity contribution >= 4 is 6.29 Å². The van der Waals surface area contributed by atoms with Crippen molar-refractivity contribution in [3.05, 3.63) is 58.7 Å². The quantitative estimate of drug-likeness (QED) is 0.122. The van der Waals surface area contributed by atoms with Crippen LogP contribution in [0.4, 0.5) is 0 Å². The van der Waals surface area contributed by atoms with E-state index in [-0.39, 0.29) is 12.8 Å². The highest BCUT2D eigenvalue weighted by Crippen LogP contribution is 2.10. The summed E-state index contributed by atoms with van der Waals surface area (Å²) >= 11 is 0. The van der Waals surface area contributed by atoms with E-state index >= 15 is 0 Å². The molecule has 0 rings (SSSR count). The van der Waals surface area contributed by atoms with Gasteiger partial charge < -0.3 is 9.90 Å². The van der Waals surface area contributed by atoms with Crippen molar-refractivity contribution in [1.29, 1.82) is 0 Å². The molecule has 0 amide bonds. The van der Waals surface area contributed by atoms with Crippen molar-refractivity contribution < 1.29 is 14.8 Å². The van der Waals surface area contributed by atoms with Gasteiger partial charge in [-0.1, -0.05) is 68.4 Å². The van der Waals surface area contributed by atoms with Crippen LogP contribution in [0.1, 0.15) is 71.1 Å². The van der Waals surface area contributed by atoms with Crippen LogP contribution in [-0.2, 0) is 4.79 Å². The van der Waals surface area contributed by atoms with Gasteiger partial charge in [-0.2, -0.15) is 0 Å². The third kappa shape index (κ3) is 15.9. The molecule has 0 fully saturated rings. The van der Waals surface area contributed by atoms with Crippen molar-refractivity contribution in [2.24, 2.45) is 0 Å². The molecule has 0 saturated heterocycles. The Balaban J connectivity index is 4.02. The minimum absolute atomic E-state index is 0.172. The minimum atomic E-state index is -1.02. The third-order valence-electron chi connectivity index (χ3n) is 4.11. The topological polar surface area (TPSA) is 80.4 Å². The Kier molecular flexibility index (Phi) is 17.4. The first kappa shape index (κ1) is 25.0. The lowest BCUT2D eigenvalue weighted by molar-refractivity contribution is -0.533. The zero-order chi connectivity index (χ0) is 20.2. The average Bonchev–Trinajstić information content (AvgIpc) is 2.65. The highest BCUT2D eigenvalue weighted by molar-refractivity contribution is 5.49. The van der Waals surface area contributed by atoms with E-state index in [1.165, 1.54) is 19.3 Å². The molecule has 5 heteroatoms. The van der Waals surface area contributed by atoms with Crippen LogP contribution in [0.15, 0.2) is 48.6 Å². The molecular formula is C22H35NO4. The smallest absolute Gasteiger partial charge is 0.242 e. The zero-order valence-corrected chi connectivity index (χ0v) is 16.5. The molecule has 0 aromatic carbocycles. The van der Waals surface area contributed by atoms with Gasteiger partial charge in [0.2, 0.25) is 6.04 Å². The van der Waals surface area contributed by atoms with E-state index in [2.05, 4.69) is 31.2 Å². The highest BCUT2D eigenvalue weighted by atomic mass is 16.6. The second-order valence-corrected chi connectivity index (χ2v) is 6.49. The fourth-order valence-electron chi connectivity index (χ4n) is 2.47. The number of hydrogen-bond donors (Lipinski definition) is 1. The van der Waals surface area contributed by atoms with Crippen molar-refractivity contribution in [3.63, 3.8) is 0 Å². The highest BCUT2D eigenvalue weighted by Gasteiger charge is 2.27. The number of rotatable bonds is 17. The van der Waals surface area contributed by atoms with E-state index in [9.17, 15) is 20.0 Å². The fraction of sp³-hybridized carbons (Fsp3) is 0.591. The number of hydrogen-bond acceptors (Lipinski definition) is 4. The van der Waals surface area contributed by atoms with Crippen LogP contribution in [0.25, 0.3) is 0 Å². The van der Waals surface area contributed by atoms with E-state index < -0.39 is 17.1 Å². The zero-order valence-electron chi connectivity index (χ0n) is 16.5. The molecule has 2 unspecified atom stereocenters. The Morgan fingerprint density at radius 2 is 1.44 bits per heavy atom. The van der Waals surface area contributed by atoms with E-state index in [1.807, 2.05) is 6.08 Å². The molecule has 0 heterocycles. The summed E-state index contributed by atoms with van der Waals surface area (Å²) in [5, 5.41) is 21.1. The summed E-state index contributed by atoms with van der Waals surface area (Å²) in [5.41, 5.74) is 0. The molecule has 2 atom stereocenters. The molecule has 0 aliphatic heterocycles. The Morgan fingerprint density at radius 3 is 2.07 bits per heavy atom. The molecule has 0 saturated carbocycles. The van der Waals surface area contributed by atoms with Gasteiger partial charge in [0.1, 0.15) is 12.4 Å². The lowest BCUT2D eigenvalue weighted by Crippen LogP contribution is -2.32. The van der Waals surface area contributed by atoms with Crippen molar-refractivity contribution in [3.8, 4) is 0 Å². The first-order valence-corrected chi connectivity index (χ1v) is 9.98. The Hall–Kier alpha value is -2.01. The monoisotopic (exact) mass is 377 g/mol. The van der Waals surface area contributed by atoms with Crippen LogP contribution >= 0.6 is 0 Å². The Morgan fingerprint density at radius 1 is 0.852 bits per heavy atom. The fourth-order valence-corrected chi connectivity index (χ4v) is 2.47. The number of aldehydes is 1. The summed E-state index contributed by atoms with van der Waals surface area (Å²) in [4.78, 5) is 20.9. The normalized spacial score (nSPS) is 14.6. The predicted octanol–water partition coefficient (Wildman–Crippen LogP) is 5.34. The number of unbranched alkanes of at least 4 members (excludes halogenated alkanes) is 4. The lowest BCUT2D eigenvalue weighted by Gasteiger charge is -2.12. The van der Waals surface area contributed by atoms with Crippen LogP contribution < -0.4 is 0 Å². The number of nitro groups is 1. The molecule has 0 aliphatic rings. The second-order valence-electron chi connectivity index (χ2n) is 6.49. The van der Waals surface area contributed by atoms with Gasteiger partial charge in [0.05, 0.1) is 0 Å². The molecular weight excluding hydrogens is 342 g/mol. The van der Waals surface area contributed by atoms with Crippen LogP contribution in [0.2, 0.25) is 0 Å². The van der Waals surface area contributed by atoms with Crippen molar-refractivity contribution in [1.82, 2.24) is 0 Å². The largest absolute Gasteiger partial charge is 0.386 e. The number of carbonyl (C=O) groups is 1. The standard InChI is InChI=1S/C22H35NO4/c1-2-3-4-5-6-7-8-9-10-11-12-16-19-22(25)21(23(26)27)18-15-13-14-17-20-24/h6-7,9-10,12-13,15-16,20-22,25H,2-5,8,11,14,17-19H2,1H3/b7-6-,10-9-,15-13-,16-12-. The molecule has 0 aromatic rings. The Labute approximate surface area is 163 Å². The number of aliphatic hydroxyl groups excluding tert-OH is 1. The summed E-state index contributed by atoms with van der Waals surface area (Å²) in [7, 11) is 0. The molecule has 0 aromatic heterocycles. The molecule has 27 heavy (non-hydrogen) atoms. The molecule has 0 spiro atoms. The van der Waals surface area contributed by atoms with Crippen LogP contribution in [-0.4, -0.2) is 28.5 Å². The predicted molar refractivity (Wildman–Crippen MR) is 111 cm³/mol. The van der Waals surface area contributed by atoms with E-state index in [1.54, 1.807) is 18.2 Å². The van der Waals surface area contributed by atoms with Crippen LogP contribution in [0.5, 0.6) is 0 Å². The lowest BCUT2D eigenvalue weighted by atomic mass is 10.0.